The summed E-state index contributed by atoms with van der Waals surface area (Å²) in [6.45, 7) is 0. The van der Waals surface area contributed by atoms with Gasteiger partial charge < -0.3 is 0 Å². The SMILES string of the molecule is CN(C)c1ccc([Te]c2ccc(N(C)C)cc2)cc1.CN(C)c1ccc([Te]c2ccc(N(C)C)cc2)cc1. The molecular formula is C32H40N4Te2. The van der Waals surface area contributed by atoms with Crippen LogP contribution in [0.15, 0.2) is 97.1 Å². The van der Waals surface area contributed by atoms with E-state index in [0.717, 1.165) is 0 Å². The van der Waals surface area contributed by atoms with Crippen LogP contribution >= 0.6 is 0 Å². The van der Waals surface area contributed by atoms with Crippen LogP contribution in [0.1, 0.15) is 0 Å². The normalized spacial score (nSPS) is 10.3. The summed E-state index contributed by atoms with van der Waals surface area (Å²) >= 11 is -0.533. The van der Waals surface area contributed by atoms with Crippen molar-refractivity contribution in [3.8, 4) is 0 Å². The summed E-state index contributed by atoms with van der Waals surface area (Å²) in [4.78, 5) is 8.54. The number of hydrogen-bond donors (Lipinski definition) is 0. The standard InChI is InChI=1S/2C16H20N2Te/c2*1-17(2)13-5-9-15(10-6-13)19-16-11-7-14(8-12-16)18(3)4/h2*5-12H,1-4H3. The van der Waals surface area contributed by atoms with Gasteiger partial charge in [0, 0.05) is 0 Å². The third-order valence-corrected chi connectivity index (χ3v) is 11.7. The molecule has 4 aromatic carbocycles. The van der Waals surface area contributed by atoms with Crippen molar-refractivity contribution in [2.75, 3.05) is 76.0 Å². The summed E-state index contributed by atoms with van der Waals surface area (Å²) in [5.41, 5.74) is 5.05. The van der Waals surface area contributed by atoms with Crippen molar-refractivity contribution in [1.82, 2.24) is 0 Å². The fourth-order valence-electron chi connectivity index (χ4n) is 3.52. The summed E-state index contributed by atoms with van der Waals surface area (Å²) in [7, 11) is 16.6. The van der Waals surface area contributed by atoms with Gasteiger partial charge in [-0.15, -0.1) is 0 Å². The van der Waals surface area contributed by atoms with Crippen LogP contribution in [0.25, 0.3) is 0 Å². The zero-order valence-electron chi connectivity index (χ0n) is 23.8. The quantitative estimate of drug-likeness (QED) is 0.259. The van der Waals surface area contributed by atoms with E-state index >= 15 is 0 Å². The van der Waals surface area contributed by atoms with E-state index < -0.39 is 0 Å². The molecule has 0 saturated heterocycles. The third-order valence-electron chi connectivity index (χ3n) is 5.88. The predicted octanol–water partition coefficient (Wildman–Crippen LogP) is 2.95. The molecule has 38 heavy (non-hydrogen) atoms. The van der Waals surface area contributed by atoms with Gasteiger partial charge in [-0.2, -0.15) is 0 Å². The summed E-state index contributed by atoms with van der Waals surface area (Å²) in [5, 5.41) is 0. The van der Waals surface area contributed by atoms with Crippen LogP contribution in [0, 0.1) is 0 Å². The molecule has 0 aliphatic rings. The molecule has 0 amide bonds. The Balaban J connectivity index is 0.000000211. The van der Waals surface area contributed by atoms with Gasteiger partial charge in [0.1, 0.15) is 0 Å². The second-order valence-electron chi connectivity index (χ2n) is 9.76. The van der Waals surface area contributed by atoms with E-state index in [1.165, 1.54) is 37.2 Å². The van der Waals surface area contributed by atoms with Crippen LogP contribution < -0.4 is 34.0 Å². The van der Waals surface area contributed by atoms with E-state index in [1.807, 2.05) is 0 Å². The van der Waals surface area contributed by atoms with Gasteiger partial charge in [0.25, 0.3) is 0 Å². The van der Waals surface area contributed by atoms with Crippen molar-refractivity contribution in [3.63, 3.8) is 0 Å². The molecule has 6 heteroatoms. The second-order valence-corrected chi connectivity index (χ2v) is 16.3. The Bertz CT molecular complexity index is 1030. The molecule has 0 aliphatic heterocycles. The first-order chi connectivity index (χ1) is 18.1. The third kappa shape index (κ3) is 9.44. The first-order valence-corrected chi connectivity index (χ1v) is 17.2. The van der Waals surface area contributed by atoms with E-state index in [4.69, 9.17) is 0 Å². The summed E-state index contributed by atoms with van der Waals surface area (Å²) < 4.78 is 5.92. The number of hydrogen-bond acceptors (Lipinski definition) is 4. The van der Waals surface area contributed by atoms with Crippen molar-refractivity contribution < 1.29 is 0 Å². The maximum atomic E-state index is 2.26. The molecule has 0 unspecified atom stereocenters. The number of rotatable bonds is 8. The minimum absolute atomic E-state index is 0.267. The van der Waals surface area contributed by atoms with Crippen molar-refractivity contribution >= 4 is 79.0 Å². The van der Waals surface area contributed by atoms with Gasteiger partial charge in [-0.25, -0.2) is 0 Å². The van der Waals surface area contributed by atoms with Crippen LogP contribution in [0.4, 0.5) is 22.7 Å². The molecule has 0 aromatic heterocycles. The fourth-order valence-corrected chi connectivity index (χ4v) is 8.18. The van der Waals surface area contributed by atoms with Crippen molar-refractivity contribution in [3.05, 3.63) is 97.1 Å². The van der Waals surface area contributed by atoms with Crippen LogP contribution in [-0.4, -0.2) is 98.2 Å². The van der Waals surface area contributed by atoms with Gasteiger partial charge in [0.15, 0.2) is 0 Å². The molecule has 0 bridgehead atoms. The molecule has 0 heterocycles. The minimum atomic E-state index is -0.267. The first kappa shape index (κ1) is 30.2. The van der Waals surface area contributed by atoms with Crippen LogP contribution in [0.5, 0.6) is 0 Å². The Morgan fingerprint density at radius 1 is 0.289 bits per heavy atom. The average molecular weight is 736 g/mol. The summed E-state index contributed by atoms with van der Waals surface area (Å²) in [6.07, 6.45) is 0. The maximum absolute atomic E-state index is 2.26. The van der Waals surface area contributed by atoms with E-state index in [-0.39, 0.29) is 41.8 Å². The molecule has 4 nitrogen and oxygen atoms in total. The van der Waals surface area contributed by atoms with Crippen molar-refractivity contribution in [2.45, 2.75) is 0 Å². The summed E-state index contributed by atoms with van der Waals surface area (Å²) in [6, 6.07) is 35.7. The van der Waals surface area contributed by atoms with E-state index in [1.54, 1.807) is 0 Å². The monoisotopic (exact) mass is 740 g/mol. The van der Waals surface area contributed by atoms with Gasteiger partial charge in [-0.05, 0) is 0 Å². The Labute approximate surface area is 250 Å². The average Bonchev–Trinajstić information content (AvgIpc) is 2.90. The molecule has 0 aliphatic carbocycles. The molecule has 0 spiro atoms. The molecule has 4 rings (SSSR count). The van der Waals surface area contributed by atoms with E-state index in [0.29, 0.717) is 0 Å². The van der Waals surface area contributed by atoms with Crippen LogP contribution in [0.3, 0.4) is 0 Å². The van der Waals surface area contributed by atoms with Gasteiger partial charge in [-0.3, -0.25) is 0 Å². The predicted molar refractivity (Wildman–Crippen MR) is 173 cm³/mol. The first-order valence-electron chi connectivity index (χ1n) is 12.6. The Morgan fingerprint density at radius 2 is 0.447 bits per heavy atom. The van der Waals surface area contributed by atoms with Gasteiger partial charge >= 0.3 is 252 Å². The molecule has 200 valence electrons. The van der Waals surface area contributed by atoms with Gasteiger partial charge in [-0.1, -0.05) is 0 Å². The molecule has 0 radical (unpaired) electrons. The van der Waals surface area contributed by atoms with Gasteiger partial charge in [0.2, 0.25) is 0 Å². The zero-order chi connectivity index (χ0) is 27.7. The number of anilines is 4. The molecule has 0 atom stereocenters. The van der Waals surface area contributed by atoms with Crippen molar-refractivity contribution in [1.29, 1.82) is 0 Å². The van der Waals surface area contributed by atoms with Crippen LogP contribution in [-0.2, 0) is 0 Å². The van der Waals surface area contributed by atoms with Gasteiger partial charge in [0.05, 0.1) is 0 Å². The molecule has 4 aromatic rings. The summed E-state index contributed by atoms with van der Waals surface area (Å²) in [5.74, 6) is 0. The fraction of sp³-hybridized carbons (Fsp3) is 0.250. The van der Waals surface area contributed by atoms with E-state index in [2.05, 4.69) is 173 Å². The topological polar surface area (TPSA) is 13.0 Å². The number of nitrogens with zero attached hydrogens (tertiary/aromatic N) is 4. The second kappa shape index (κ2) is 14.7. The zero-order valence-corrected chi connectivity index (χ0v) is 28.5. The van der Waals surface area contributed by atoms with E-state index in [9.17, 15) is 0 Å². The van der Waals surface area contributed by atoms with Crippen molar-refractivity contribution in [2.24, 2.45) is 0 Å². The molecule has 0 saturated carbocycles. The molecule has 0 N–H and O–H groups in total. The molecule has 0 fully saturated rings. The molecular weight excluding hydrogens is 696 g/mol. The Morgan fingerprint density at radius 3 is 0.579 bits per heavy atom. The Kier molecular flexibility index (Phi) is 11.7. The number of benzene rings is 4. The van der Waals surface area contributed by atoms with Crippen LogP contribution in [0.2, 0.25) is 0 Å². The Hall–Kier alpha value is -2.34.